The van der Waals surface area contributed by atoms with Crippen molar-refractivity contribution in [3.8, 4) is 0 Å². The molecule has 1 aromatic carbocycles. The fourth-order valence-electron chi connectivity index (χ4n) is 2.13. The zero-order chi connectivity index (χ0) is 13.5. The van der Waals surface area contributed by atoms with E-state index in [1.54, 1.807) is 0 Å². The molecule has 0 aliphatic heterocycles. The number of rotatable bonds is 6. The molecule has 1 aromatic rings. The third-order valence-corrected chi connectivity index (χ3v) is 3.36. The Bertz CT molecular complexity index is 468. The van der Waals surface area contributed by atoms with Gasteiger partial charge in [0.1, 0.15) is 0 Å². The fourth-order valence-corrected chi connectivity index (χ4v) is 2.13. The zero-order valence-electron chi connectivity index (χ0n) is 11.6. The van der Waals surface area contributed by atoms with Gasteiger partial charge in [-0.25, -0.2) is 0 Å². The molecule has 0 aromatic heterocycles. The summed E-state index contributed by atoms with van der Waals surface area (Å²) in [6.45, 7) is 7.23. The molecule has 1 heteroatoms. The van der Waals surface area contributed by atoms with Gasteiger partial charge in [0.2, 0.25) is 0 Å². The van der Waals surface area contributed by atoms with Gasteiger partial charge in [-0.3, -0.25) is 0 Å². The van der Waals surface area contributed by atoms with Gasteiger partial charge in [-0.15, -0.1) is 0 Å². The summed E-state index contributed by atoms with van der Waals surface area (Å²) in [5.74, 6) is 0. The van der Waals surface area contributed by atoms with Gasteiger partial charge < -0.3 is 4.74 Å². The first-order valence-corrected chi connectivity index (χ1v) is 7.06. The molecule has 1 nitrogen and oxygen atoms in total. The highest BCUT2D eigenvalue weighted by Gasteiger charge is 2.11. The van der Waals surface area contributed by atoms with Gasteiger partial charge in [-0.05, 0) is 29.6 Å². The first kappa shape index (κ1) is 13.8. The van der Waals surface area contributed by atoms with Crippen molar-refractivity contribution < 1.29 is 4.74 Å². The number of ether oxygens (including phenoxy) is 1. The Balaban J connectivity index is 1.91. The van der Waals surface area contributed by atoms with Gasteiger partial charge in [0.25, 0.3) is 0 Å². The maximum absolute atomic E-state index is 5.80. The molecule has 0 amide bonds. The smallest absolute Gasteiger partial charge is 0.0793 e. The fraction of sp³-hybridized carbons (Fsp3) is 0.333. The topological polar surface area (TPSA) is 9.23 Å². The average Bonchev–Trinajstić information content (AvgIpc) is 2.48. The minimum atomic E-state index is 0.235. The lowest BCUT2D eigenvalue weighted by Crippen LogP contribution is -2.12. The second kappa shape index (κ2) is 7.10. The van der Waals surface area contributed by atoms with Crippen molar-refractivity contribution >= 4 is 5.57 Å². The molecular weight excluding hydrogens is 232 g/mol. The quantitative estimate of drug-likeness (QED) is 0.664. The van der Waals surface area contributed by atoms with E-state index in [1.165, 1.54) is 17.6 Å². The van der Waals surface area contributed by atoms with Crippen molar-refractivity contribution in [2.24, 2.45) is 0 Å². The lowest BCUT2D eigenvalue weighted by atomic mass is 9.94. The van der Waals surface area contributed by atoms with E-state index in [1.807, 2.05) is 18.2 Å². The first-order valence-electron chi connectivity index (χ1n) is 7.06. The van der Waals surface area contributed by atoms with E-state index in [9.17, 15) is 0 Å². The van der Waals surface area contributed by atoms with E-state index in [-0.39, 0.29) is 6.10 Å². The van der Waals surface area contributed by atoms with Crippen LogP contribution in [-0.2, 0) is 4.74 Å². The van der Waals surface area contributed by atoms with Crippen LogP contribution in [0.25, 0.3) is 5.57 Å². The van der Waals surface area contributed by atoms with Gasteiger partial charge in [0.15, 0.2) is 0 Å². The van der Waals surface area contributed by atoms with Crippen LogP contribution in [-0.4, -0.2) is 12.7 Å². The van der Waals surface area contributed by atoms with Crippen LogP contribution in [0.3, 0.4) is 0 Å². The van der Waals surface area contributed by atoms with Crippen molar-refractivity contribution in [1.82, 2.24) is 0 Å². The van der Waals surface area contributed by atoms with Crippen LogP contribution in [0.4, 0.5) is 0 Å². The number of hydrogen-bond acceptors (Lipinski definition) is 1. The Morgan fingerprint density at radius 1 is 1.32 bits per heavy atom. The molecule has 1 aliphatic carbocycles. The highest BCUT2D eigenvalue weighted by molar-refractivity contribution is 5.80. The third-order valence-electron chi connectivity index (χ3n) is 3.36. The molecule has 0 saturated heterocycles. The van der Waals surface area contributed by atoms with E-state index in [2.05, 4.69) is 43.9 Å². The highest BCUT2D eigenvalue weighted by Crippen LogP contribution is 2.26. The largest absolute Gasteiger partial charge is 0.374 e. The predicted octanol–water partition coefficient (Wildman–Crippen LogP) is 4.77. The summed E-state index contributed by atoms with van der Waals surface area (Å²) in [7, 11) is 0. The van der Waals surface area contributed by atoms with Crippen LogP contribution in [0.1, 0.15) is 31.7 Å². The molecule has 100 valence electrons. The molecule has 0 fully saturated rings. The van der Waals surface area contributed by atoms with Crippen LogP contribution in [0, 0.1) is 0 Å². The maximum Gasteiger partial charge on any atom is 0.0793 e. The van der Waals surface area contributed by atoms with Crippen molar-refractivity contribution in [1.29, 1.82) is 0 Å². The van der Waals surface area contributed by atoms with Crippen LogP contribution >= 0.6 is 0 Å². The summed E-state index contributed by atoms with van der Waals surface area (Å²) in [5.41, 5.74) is 3.48. The van der Waals surface area contributed by atoms with E-state index >= 15 is 0 Å². The summed E-state index contributed by atoms with van der Waals surface area (Å²) >= 11 is 0. The van der Waals surface area contributed by atoms with Gasteiger partial charge >= 0.3 is 0 Å². The van der Waals surface area contributed by atoms with Gasteiger partial charge in [0, 0.05) is 6.61 Å². The summed E-state index contributed by atoms with van der Waals surface area (Å²) in [5, 5.41) is 0. The van der Waals surface area contributed by atoms with Gasteiger partial charge in [-0.1, -0.05) is 68.5 Å². The van der Waals surface area contributed by atoms with E-state index in [0.29, 0.717) is 0 Å². The first-order chi connectivity index (χ1) is 9.31. The monoisotopic (exact) mass is 254 g/mol. The number of unbranched alkanes of at least 4 members (excludes halogenated alkanes) is 1. The molecule has 0 bridgehead atoms. The Morgan fingerprint density at radius 3 is 2.74 bits per heavy atom. The molecule has 2 rings (SSSR count). The van der Waals surface area contributed by atoms with Crippen LogP contribution < -0.4 is 0 Å². The standard InChI is InChI=1S/C18H22O/c1-3-4-14-19-18-12-10-17(11-13-18)15(2)16-8-6-5-7-9-16/h5-12,18H,2-4,13-14H2,1H3. The number of allylic oxidation sites excluding steroid dienone is 3. The molecule has 1 atom stereocenters. The van der Waals surface area contributed by atoms with E-state index < -0.39 is 0 Å². The van der Waals surface area contributed by atoms with Crippen LogP contribution in [0.5, 0.6) is 0 Å². The predicted molar refractivity (Wildman–Crippen MR) is 82.0 cm³/mol. The molecule has 19 heavy (non-hydrogen) atoms. The van der Waals surface area contributed by atoms with Crippen molar-refractivity contribution in [3.05, 3.63) is 66.3 Å². The minimum absolute atomic E-state index is 0.235. The van der Waals surface area contributed by atoms with Crippen molar-refractivity contribution in [2.75, 3.05) is 6.61 Å². The molecule has 1 aliphatic rings. The summed E-state index contributed by atoms with van der Waals surface area (Å²) in [6.07, 6.45) is 10.0. The Hall–Kier alpha value is -1.60. The Morgan fingerprint density at radius 2 is 2.11 bits per heavy atom. The van der Waals surface area contributed by atoms with Crippen LogP contribution in [0.2, 0.25) is 0 Å². The molecule has 0 saturated carbocycles. The molecule has 0 radical (unpaired) electrons. The van der Waals surface area contributed by atoms with E-state index in [0.717, 1.165) is 25.0 Å². The SMILES string of the molecule is C=C(C1=CCC(OCCCC)C=C1)c1ccccc1. The van der Waals surface area contributed by atoms with Crippen molar-refractivity contribution in [2.45, 2.75) is 32.3 Å². The third kappa shape index (κ3) is 3.93. The van der Waals surface area contributed by atoms with E-state index in [4.69, 9.17) is 4.74 Å². The minimum Gasteiger partial charge on any atom is -0.374 e. The lowest BCUT2D eigenvalue weighted by molar-refractivity contribution is 0.0840. The number of benzene rings is 1. The Labute approximate surface area is 116 Å². The maximum atomic E-state index is 5.80. The van der Waals surface area contributed by atoms with Gasteiger partial charge in [-0.2, -0.15) is 0 Å². The highest BCUT2D eigenvalue weighted by atomic mass is 16.5. The number of hydrogen-bond donors (Lipinski definition) is 0. The molecule has 0 spiro atoms. The molecule has 1 unspecified atom stereocenters. The van der Waals surface area contributed by atoms with Crippen LogP contribution in [0.15, 0.2) is 60.7 Å². The molecular formula is C18H22O. The lowest BCUT2D eigenvalue weighted by Gasteiger charge is -2.18. The molecule has 0 N–H and O–H groups in total. The zero-order valence-corrected chi connectivity index (χ0v) is 11.6. The summed E-state index contributed by atoms with van der Waals surface area (Å²) in [6, 6.07) is 10.3. The average molecular weight is 254 g/mol. The van der Waals surface area contributed by atoms with Crippen molar-refractivity contribution in [3.63, 3.8) is 0 Å². The summed E-state index contributed by atoms with van der Waals surface area (Å²) < 4.78 is 5.80. The Kier molecular flexibility index (Phi) is 5.17. The summed E-state index contributed by atoms with van der Waals surface area (Å²) in [4.78, 5) is 0. The second-order valence-electron chi connectivity index (χ2n) is 4.86. The molecule has 0 heterocycles. The second-order valence-corrected chi connectivity index (χ2v) is 4.86. The van der Waals surface area contributed by atoms with Gasteiger partial charge in [0.05, 0.1) is 6.10 Å². The normalized spacial score (nSPS) is 18.2.